The zero-order valence-corrected chi connectivity index (χ0v) is 10.0. The molecule has 1 saturated carbocycles. The molecule has 3 rings (SSSR count). The Morgan fingerprint density at radius 1 is 1.35 bits per heavy atom. The van der Waals surface area contributed by atoms with E-state index in [2.05, 4.69) is 19.4 Å². The van der Waals surface area contributed by atoms with E-state index in [-0.39, 0.29) is 0 Å². The van der Waals surface area contributed by atoms with Crippen molar-refractivity contribution in [2.75, 3.05) is 6.54 Å². The van der Waals surface area contributed by atoms with Gasteiger partial charge in [0.05, 0.1) is 12.6 Å². The Balaban J connectivity index is 1.69. The van der Waals surface area contributed by atoms with Crippen LogP contribution < -0.4 is 5.73 Å². The van der Waals surface area contributed by atoms with Crippen molar-refractivity contribution >= 4 is 5.96 Å². The molecule has 0 radical (unpaired) electrons. The van der Waals surface area contributed by atoms with Crippen molar-refractivity contribution in [2.24, 2.45) is 10.7 Å². The van der Waals surface area contributed by atoms with Gasteiger partial charge in [0.1, 0.15) is 5.82 Å². The van der Waals surface area contributed by atoms with E-state index < -0.39 is 0 Å². The number of aromatic nitrogens is 2. The average molecular weight is 233 g/mol. The van der Waals surface area contributed by atoms with Crippen LogP contribution in [-0.4, -0.2) is 33.0 Å². The lowest BCUT2D eigenvalue weighted by Gasteiger charge is -2.28. The quantitative estimate of drug-likeness (QED) is 0.580. The van der Waals surface area contributed by atoms with Crippen LogP contribution in [0.1, 0.15) is 31.5 Å². The third-order valence-electron chi connectivity index (χ3n) is 3.71. The fraction of sp³-hybridized carbons (Fsp3) is 0.667. The normalized spacial score (nSPS) is 21.9. The Kier molecular flexibility index (Phi) is 2.74. The fourth-order valence-electron chi connectivity index (χ4n) is 2.67. The van der Waals surface area contributed by atoms with Gasteiger partial charge < -0.3 is 15.2 Å². The van der Waals surface area contributed by atoms with Gasteiger partial charge in [-0.1, -0.05) is 12.8 Å². The second kappa shape index (κ2) is 4.39. The maximum atomic E-state index is 6.09. The lowest BCUT2D eigenvalue weighted by Crippen LogP contribution is -2.43. The first-order valence-electron chi connectivity index (χ1n) is 6.41. The van der Waals surface area contributed by atoms with Crippen LogP contribution in [0.25, 0.3) is 0 Å². The predicted octanol–water partition coefficient (Wildman–Crippen LogP) is 0.956. The molecule has 5 nitrogen and oxygen atoms in total. The molecule has 0 atom stereocenters. The average Bonchev–Trinajstić information content (AvgIpc) is 2.97. The number of rotatable bonds is 1. The van der Waals surface area contributed by atoms with Gasteiger partial charge >= 0.3 is 0 Å². The van der Waals surface area contributed by atoms with Crippen molar-refractivity contribution < 1.29 is 0 Å². The number of nitrogens with zero attached hydrogens (tertiary/aromatic N) is 4. The van der Waals surface area contributed by atoms with Crippen LogP contribution in [0.2, 0.25) is 0 Å². The molecule has 0 amide bonds. The van der Waals surface area contributed by atoms with Crippen molar-refractivity contribution in [3.8, 4) is 0 Å². The minimum atomic E-state index is 0.455. The summed E-state index contributed by atoms with van der Waals surface area (Å²) in [7, 11) is 0. The molecule has 92 valence electrons. The fourth-order valence-corrected chi connectivity index (χ4v) is 2.67. The van der Waals surface area contributed by atoms with Crippen LogP contribution in [0.4, 0.5) is 0 Å². The molecule has 0 unspecified atom stereocenters. The first-order chi connectivity index (χ1) is 8.33. The van der Waals surface area contributed by atoms with Crippen LogP contribution in [-0.2, 0) is 13.1 Å². The highest BCUT2D eigenvalue weighted by Gasteiger charge is 2.20. The van der Waals surface area contributed by atoms with Crippen LogP contribution in [0, 0.1) is 0 Å². The highest BCUT2D eigenvalue weighted by Crippen LogP contribution is 2.21. The number of aliphatic imine (C=N–C) groups is 1. The Labute approximate surface area is 101 Å². The summed E-state index contributed by atoms with van der Waals surface area (Å²) in [6.45, 7) is 2.68. The highest BCUT2D eigenvalue weighted by molar-refractivity contribution is 5.78. The van der Waals surface area contributed by atoms with Gasteiger partial charge in [-0.3, -0.25) is 0 Å². The van der Waals surface area contributed by atoms with E-state index in [4.69, 9.17) is 5.73 Å². The summed E-state index contributed by atoms with van der Waals surface area (Å²) < 4.78 is 2.18. The summed E-state index contributed by atoms with van der Waals surface area (Å²) in [4.78, 5) is 11.1. The summed E-state index contributed by atoms with van der Waals surface area (Å²) in [5, 5.41) is 0. The maximum Gasteiger partial charge on any atom is 0.192 e. The molecule has 2 aliphatic rings. The molecular weight excluding hydrogens is 214 g/mol. The van der Waals surface area contributed by atoms with Gasteiger partial charge in [0, 0.05) is 25.5 Å². The third kappa shape index (κ3) is 2.14. The van der Waals surface area contributed by atoms with E-state index in [0.717, 1.165) is 25.5 Å². The van der Waals surface area contributed by atoms with Crippen molar-refractivity contribution in [3.63, 3.8) is 0 Å². The van der Waals surface area contributed by atoms with E-state index in [0.29, 0.717) is 12.0 Å². The molecule has 17 heavy (non-hydrogen) atoms. The summed E-state index contributed by atoms with van der Waals surface area (Å²) in [6, 6.07) is 0.455. The summed E-state index contributed by atoms with van der Waals surface area (Å²) in [5.41, 5.74) is 6.09. The van der Waals surface area contributed by atoms with E-state index in [1.165, 1.54) is 25.7 Å². The Bertz CT molecular complexity index is 416. The smallest absolute Gasteiger partial charge is 0.192 e. The topological polar surface area (TPSA) is 59.4 Å². The molecule has 0 saturated heterocycles. The third-order valence-corrected chi connectivity index (χ3v) is 3.71. The Morgan fingerprint density at radius 2 is 2.18 bits per heavy atom. The second-order valence-corrected chi connectivity index (χ2v) is 4.88. The van der Waals surface area contributed by atoms with Crippen molar-refractivity contribution in [2.45, 2.75) is 44.8 Å². The van der Waals surface area contributed by atoms with Crippen LogP contribution in [0.15, 0.2) is 17.4 Å². The monoisotopic (exact) mass is 233 g/mol. The minimum absolute atomic E-state index is 0.455. The number of fused-ring (bicyclic) bond motifs is 1. The molecule has 5 heteroatoms. The molecule has 1 aliphatic heterocycles. The van der Waals surface area contributed by atoms with E-state index in [1.54, 1.807) is 0 Å². The van der Waals surface area contributed by atoms with Crippen LogP contribution in [0.5, 0.6) is 0 Å². The SMILES string of the molecule is NC(=NC1CCCC1)N1CCn2ccnc2C1. The molecular formula is C12H19N5. The first kappa shape index (κ1) is 10.6. The van der Waals surface area contributed by atoms with Gasteiger partial charge in [0.15, 0.2) is 5.96 Å². The van der Waals surface area contributed by atoms with Crippen LogP contribution >= 0.6 is 0 Å². The summed E-state index contributed by atoms with van der Waals surface area (Å²) in [5.74, 6) is 1.78. The van der Waals surface area contributed by atoms with Crippen LogP contribution in [0.3, 0.4) is 0 Å². The van der Waals surface area contributed by atoms with Gasteiger partial charge in [-0.2, -0.15) is 0 Å². The van der Waals surface area contributed by atoms with E-state index in [1.807, 2.05) is 12.4 Å². The molecule has 2 N–H and O–H groups in total. The molecule has 1 aliphatic carbocycles. The highest BCUT2D eigenvalue weighted by atomic mass is 15.3. The summed E-state index contributed by atoms with van der Waals surface area (Å²) >= 11 is 0. The number of nitrogens with two attached hydrogens (primary N) is 1. The molecule has 0 aromatic carbocycles. The number of guanidine groups is 1. The predicted molar refractivity (Wildman–Crippen MR) is 66.5 cm³/mol. The molecule has 1 aromatic rings. The second-order valence-electron chi connectivity index (χ2n) is 4.88. The molecule has 1 fully saturated rings. The lowest BCUT2D eigenvalue weighted by atomic mass is 10.3. The number of hydrogen-bond acceptors (Lipinski definition) is 2. The lowest BCUT2D eigenvalue weighted by molar-refractivity contribution is 0.324. The van der Waals surface area contributed by atoms with E-state index in [9.17, 15) is 0 Å². The van der Waals surface area contributed by atoms with Gasteiger partial charge in [-0.15, -0.1) is 0 Å². The largest absolute Gasteiger partial charge is 0.370 e. The van der Waals surface area contributed by atoms with Gasteiger partial charge in [0.25, 0.3) is 0 Å². The minimum Gasteiger partial charge on any atom is -0.370 e. The van der Waals surface area contributed by atoms with Crippen molar-refractivity contribution in [3.05, 3.63) is 18.2 Å². The Morgan fingerprint density at radius 3 is 3.00 bits per heavy atom. The Hall–Kier alpha value is -1.52. The standard InChI is InChI=1S/C12H19N5/c13-12(15-10-3-1-2-4-10)17-8-7-16-6-5-14-11(16)9-17/h5-6,10H,1-4,7-9H2,(H2,13,15). The molecule has 1 aromatic heterocycles. The number of imidazole rings is 1. The van der Waals surface area contributed by atoms with Crippen molar-refractivity contribution in [1.29, 1.82) is 0 Å². The number of hydrogen-bond donors (Lipinski definition) is 1. The van der Waals surface area contributed by atoms with Gasteiger partial charge in [-0.25, -0.2) is 9.98 Å². The maximum absolute atomic E-state index is 6.09. The van der Waals surface area contributed by atoms with Crippen molar-refractivity contribution in [1.82, 2.24) is 14.5 Å². The first-order valence-corrected chi connectivity index (χ1v) is 6.41. The zero-order chi connectivity index (χ0) is 11.7. The van der Waals surface area contributed by atoms with Gasteiger partial charge in [0.2, 0.25) is 0 Å². The van der Waals surface area contributed by atoms with E-state index >= 15 is 0 Å². The van der Waals surface area contributed by atoms with Gasteiger partial charge in [-0.05, 0) is 12.8 Å². The molecule has 0 bridgehead atoms. The molecule has 0 spiro atoms. The zero-order valence-electron chi connectivity index (χ0n) is 10.0. The summed E-state index contributed by atoms with van der Waals surface area (Å²) in [6.07, 6.45) is 8.87. The molecule has 2 heterocycles.